The number of hydrogen-bond donors (Lipinski definition) is 2. The Balaban J connectivity index is 0.00000341. The van der Waals surface area contributed by atoms with Gasteiger partial charge < -0.3 is 20.1 Å². The maximum Gasteiger partial charge on any atom is 0.191 e. The van der Waals surface area contributed by atoms with E-state index in [4.69, 9.17) is 4.99 Å². The fourth-order valence-electron chi connectivity index (χ4n) is 4.70. The van der Waals surface area contributed by atoms with Crippen LogP contribution in [0.25, 0.3) is 0 Å². The number of piperidine rings is 1. The van der Waals surface area contributed by atoms with E-state index in [2.05, 4.69) is 50.4 Å². The zero-order valence-corrected chi connectivity index (χ0v) is 22.8. The second-order valence-electron chi connectivity index (χ2n) is 8.54. The highest BCUT2D eigenvalue weighted by atomic mass is 127. The van der Waals surface area contributed by atoms with E-state index in [-0.39, 0.29) is 24.0 Å². The molecule has 2 aliphatic rings. The lowest BCUT2D eigenvalue weighted by Gasteiger charge is -2.32. The summed E-state index contributed by atoms with van der Waals surface area (Å²) in [5.74, 6) is 2.11. The van der Waals surface area contributed by atoms with Crippen molar-refractivity contribution in [1.82, 2.24) is 30.3 Å². The van der Waals surface area contributed by atoms with Crippen molar-refractivity contribution in [2.45, 2.75) is 88.9 Å². The van der Waals surface area contributed by atoms with Gasteiger partial charge in [0.25, 0.3) is 0 Å². The van der Waals surface area contributed by atoms with Crippen LogP contribution >= 0.6 is 35.7 Å². The fourth-order valence-corrected chi connectivity index (χ4v) is 5.28. The molecule has 0 radical (unpaired) electrons. The normalized spacial score (nSPS) is 18.9. The topological polar surface area (TPSA) is 70.4 Å². The van der Waals surface area contributed by atoms with E-state index >= 15 is 0 Å². The van der Waals surface area contributed by atoms with E-state index < -0.39 is 0 Å². The first-order valence-corrected chi connectivity index (χ1v) is 13.2. The van der Waals surface area contributed by atoms with Gasteiger partial charge in [0.1, 0.15) is 5.82 Å². The van der Waals surface area contributed by atoms with E-state index in [1.807, 2.05) is 0 Å². The molecule has 1 aromatic heterocycles. The molecule has 1 saturated heterocycles. The molecule has 9 heteroatoms. The number of aryl methyl sites for hydroxylation is 1. The monoisotopic (exact) mass is 563 g/mol. The molecule has 0 amide bonds. The van der Waals surface area contributed by atoms with Crippen molar-refractivity contribution in [3.8, 4) is 0 Å². The molecule has 3 rings (SSSR count). The highest BCUT2D eigenvalue weighted by Crippen LogP contribution is 2.33. The quantitative estimate of drug-likeness (QED) is 0.147. The summed E-state index contributed by atoms with van der Waals surface area (Å²) < 4.78 is 2.41. The van der Waals surface area contributed by atoms with Crippen LogP contribution in [-0.4, -0.2) is 70.6 Å². The van der Waals surface area contributed by atoms with Gasteiger partial charge in [0.05, 0.1) is 0 Å². The first-order chi connectivity index (χ1) is 14.7. The summed E-state index contributed by atoms with van der Waals surface area (Å²) in [6.45, 7) is 9.72. The van der Waals surface area contributed by atoms with Crippen LogP contribution in [0.2, 0.25) is 0 Å². The molecule has 2 fully saturated rings. The summed E-state index contributed by atoms with van der Waals surface area (Å²) in [6, 6.07) is 1.13. The number of aliphatic imine (C=N–C) groups is 1. The molecular formula is C22H42IN7S. The van der Waals surface area contributed by atoms with Gasteiger partial charge in [0.2, 0.25) is 0 Å². The van der Waals surface area contributed by atoms with Gasteiger partial charge in [0.15, 0.2) is 11.1 Å². The SMILES string of the molecule is CCCN1CCC(NC(=NCCCc2nnc(SC)n2C2CCCC2)NCC)CC1.I. The molecule has 178 valence electrons. The van der Waals surface area contributed by atoms with Crippen LogP contribution in [0.1, 0.15) is 77.1 Å². The molecule has 1 aliphatic heterocycles. The first kappa shape index (κ1) is 26.7. The molecule has 0 aromatic carbocycles. The molecule has 0 bridgehead atoms. The van der Waals surface area contributed by atoms with E-state index in [1.54, 1.807) is 11.8 Å². The average Bonchev–Trinajstić information content (AvgIpc) is 3.42. The molecule has 0 unspecified atom stereocenters. The van der Waals surface area contributed by atoms with Crippen LogP contribution in [0.3, 0.4) is 0 Å². The average molecular weight is 564 g/mol. The lowest BCUT2D eigenvalue weighted by atomic mass is 10.1. The molecule has 2 heterocycles. The van der Waals surface area contributed by atoms with E-state index in [0.29, 0.717) is 12.1 Å². The van der Waals surface area contributed by atoms with Crippen molar-refractivity contribution in [1.29, 1.82) is 0 Å². The van der Waals surface area contributed by atoms with Crippen LogP contribution in [0.15, 0.2) is 10.1 Å². The Labute approximate surface area is 210 Å². The van der Waals surface area contributed by atoms with Gasteiger partial charge >= 0.3 is 0 Å². The Morgan fingerprint density at radius 1 is 1.13 bits per heavy atom. The maximum atomic E-state index is 4.85. The third-order valence-corrected chi connectivity index (χ3v) is 6.89. The Morgan fingerprint density at radius 2 is 1.87 bits per heavy atom. The summed E-state index contributed by atoms with van der Waals surface area (Å²) in [7, 11) is 0. The summed E-state index contributed by atoms with van der Waals surface area (Å²) in [5, 5.41) is 17.1. The molecule has 1 aliphatic carbocycles. The van der Waals surface area contributed by atoms with Crippen LogP contribution in [0.5, 0.6) is 0 Å². The smallest absolute Gasteiger partial charge is 0.191 e. The Hall–Kier alpha value is -0.550. The number of nitrogens with one attached hydrogen (secondary N) is 2. The number of halogens is 1. The van der Waals surface area contributed by atoms with Crippen molar-refractivity contribution in [2.75, 3.05) is 39.0 Å². The van der Waals surface area contributed by atoms with E-state index in [0.717, 1.165) is 42.9 Å². The lowest BCUT2D eigenvalue weighted by molar-refractivity contribution is 0.206. The van der Waals surface area contributed by atoms with Gasteiger partial charge in [-0.15, -0.1) is 34.2 Å². The van der Waals surface area contributed by atoms with E-state index in [1.165, 1.54) is 64.6 Å². The Kier molecular flexibility index (Phi) is 12.5. The summed E-state index contributed by atoms with van der Waals surface area (Å²) >= 11 is 1.71. The minimum Gasteiger partial charge on any atom is -0.357 e. The third kappa shape index (κ3) is 8.07. The Bertz CT molecular complexity index is 652. The number of hydrogen-bond acceptors (Lipinski definition) is 5. The highest BCUT2D eigenvalue weighted by Gasteiger charge is 2.23. The number of aromatic nitrogens is 3. The largest absolute Gasteiger partial charge is 0.357 e. The maximum absolute atomic E-state index is 4.85. The second kappa shape index (κ2) is 14.6. The molecule has 31 heavy (non-hydrogen) atoms. The molecule has 7 nitrogen and oxygen atoms in total. The minimum absolute atomic E-state index is 0. The zero-order chi connectivity index (χ0) is 21.2. The predicted molar refractivity (Wildman–Crippen MR) is 142 cm³/mol. The first-order valence-electron chi connectivity index (χ1n) is 12.0. The molecule has 2 N–H and O–H groups in total. The third-order valence-electron chi connectivity index (χ3n) is 6.25. The molecule has 0 atom stereocenters. The number of guanidine groups is 1. The number of nitrogens with zero attached hydrogens (tertiary/aromatic N) is 5. The summed E-state index contributed by atoms with van der Waals surface area (Å²) in [6.07, 6.45) is 12.9. The van der Waals surface area contributed by atoms with E-state index in [9.17, 15) is 0 Å². The van der Waals surface area contributed by atoms with Crippen molar-refractivity contribution in [3.05, 3.63) is 5.82 Å². The van der Waals surface area contributed by atoms with Crippen molar-refractivity contribution in [2.24, 2.45) is 4.99 Å². The molecule has 1 aromatic rings. The second-order valence-corrected chi connectivity index (χ2v) is 9.31. The number of thioether (sulfide) groups is 1. The van der Waals surface area contributed by atoms with Gasteiger partial charge in [0, 0.05) is 44.7 Å². The van der Waals surface area contributed by atoms with Crippen LogP contribution < -0.4 is 10.6 Å². The van der Waals surface area contributed by atoms with Crippen molar-refractivity contribution >= 4 is 41.7 Å². The number of rotatable bonds is 10. The lowest BCUT2D eigenvalue weighted by Crippen LogP contribution is -2.48. The Morgan fingerprint density at radius 3 is 2.52 bits per heavy atom. The number of likely N-dealkylation sites (tertiary alicyclic amines) is 1. The zero-order valence-electron chi connectivity index (χ0n) is 19.6. The summed E-state index contributed by atoms with van der Waals surface area (Å²) in [4.78, 5) is 7.43. The van der Waals surface area contributed by atoms with Crippen LogP contribution in [-0.2, 0) is 6.42 Å². The molecule has 1 saturated carbocycles. The van der Waals surface area contributed by atoms with Crippen molar-refractivity contribution in [3.63, 3.8) is 0 Å². The van der Waals surface area contributed by atoms with Gasteiger partial charge in [-0.05, 0) is 58.2 Å². The predicted octanol–water partition coefficient (Wildman–Crippen LogP) is 4.10. The van der Waals surface area contributed by atoms with Gasteiger partial charge in [-0.1, -0.05) is 31.5 Å². The van der Waals surface area contributed by atoms with Crippen LogP contribution in [0.4, 0.5) is 0 Å². The van der Waals surface area contributed by atoms with Gasteiger partial charge in [-0.3, -0.25) is 4.99 Å². The van der Waals surface area contributed by atoms with Crippen molar-refractivity contribution < 1.29 is 0 Å². The van der Waals surface area contributed by atoms with Gasteiger partial charge in [-0.2, -0.15) is 0 Å². The summed E-state index contributed by atoms with van der Waals surface area (Å²) in [5.41, 5.74) is 0. The molecular weight excluding hydrogens is 521 g/mol. The minimum atomic E-state index is 0. The van der Waals surface area contributed by atoms with Gasteiger partial charge in [-0.25, -0.2) is 0 Å². The highest BCUT2D eigenvalue weighted by molar-refractivity contribution is 14.0. The fraction of sp³-hybridized carbons (Fsp3) is 0.864. The molecule has 0 spiro atoms. The van der Waals surface area contributed by atoms with Crippen LogP contribution in [0, 0.1) is 0 Å². The standard InChI is InChI=1S/C22H41N7S.HI/c1-4-15-28-16-12-18(13-17-28)25-21(23-5-2)24-14-8-11-20-26-27-22(30-3)29(20)19-9-6-7-10-19;/h18-19H,4-17H2,1-3H3,(H2,23,24,25);1H.